The van der Waals surface area contributed by atoms with Crippen molar-refractivity contribution >= 4 is 21.6 Å². The monoisotopic (exact) mass is 183 g/mol. The van der Waals surface area contributed by atoms with Crippen LogP contribution >= 0.6 is 11.6 Å². The smallest absolute Gasteiger partial charge is 0.211 e. The Morgan fingerprint density at radius 3 is 2.20 bits per heavy atom. The van der Waals surface area contributed by atoms with Gasteiger partial charge in [0.05, 0.1) is 0 Å². The van der Waals surface area contributed by atoms with Crippen LogP contribution in [0.4, 0.5) is 0 Å². The van der Waals surface area contributed by atoms with Crippen LogP contribution in [-0.2, 0) is 10.0 Å². The summed E-state index contributed by atoms with van der Waals surface area (Å²) in [5.74, 6) is 0. The number of sulfonamides is 1. The second-order valence-corrected chi connectivity index (χ2v) is 4.88. The molecule has 0 N–H and O–H groups in total. The first kappa shape index (κ1) is 8.30. The zero-order valence-corrected chi connectivity index (χ0v) is 7.16. The molecule has 1 heterocycles. The first-order valence-corrected chi connectivity index (χ1v) is 5.35. The van der Waals surface area contributed by atoms with E-state index in [1.165, 1.54) is 4.31 Å². The molecule has 60 valence electrons. The molecule has 0 unspecified atom stereocenters. The minimum atomic E-state index is -3.10. The van der Waals surface area contributed by atoms with E-state index in [2.05, 4.69) is 0 Å². The summed E-state index contributed by atoms with van der Waals surface area (Å²) in [6.45, 7) is 1.30. The molecule has 1 aliphatic heterocycles. The lowest BCUT2D eigenvalue weighted by atomic mass is 10.4. The third-order valence-corrected chi connectivity index (χ3v) is 3.85. The standard InChI is InChI=1S/C5H10ClNO2S/c6-5-10(8,9)7-3-1-2-4-7/h1-5H2. The van der Waals surface area contributed by atoms with Crippen LogP contribution in [0, 0.1) is 0 Å². The molecule has 0 aliphatic carbocycles. The predicted octanol–water partition coefficient (Wildman–Crippen LogP) is 0.608. The molecular weight excluding hydrogens is 174 g/mol. The summed E-state index contributed by atoms with van der Waals surface area (Å²) in [5, 5.41) is -0.285. The summed E-state index contributed by atoms with van der Waals surface area (Å²) < 4.78 is 23.4. The number of nitrogens with zero attached hydrogens (tertiary/aromatic N) is 1. The second-order valence-electron chi connectivity index (χ2n) is 2.33. The van der Waals surface area contributed by atoms with Crippen LogP contribution in [-0.4, -0.2) is 31.0 Å². The fraction of sp³-hybridized carbons (Fsp3) is 1.00. The third kappa shape index (κ3) is 1.62. The maximum atomic E-state index is 11.0. The molecule has 1 saturated heterocycles. The Morgan fingerprint density at radius 1 is 1.30 bits per heavy atom. The van der Waals surface area contributed by atoms with Gasteiger partial charge in [-0.3, -0.25) is 0 Å². The van der Waals surface area contributed by atoms with Gasteiger partial charge in [-0.15, -0.1) is 11.6 Å². The molecule has 0 bridgehead atoms. The van der Waals surface area contributed by atoms with E-state index in [9.17, 15) is 8.42 Å². The minimum absolute atomic E-state index is 0.285. The summed E-state index contributed by atoms with van der Waals surface area (Å²) in [4.78, 5) is 0. The average Bonchev–Trinajstić information content (AvgIpc) is 2.38. The molecule has 1 rings (SSSR count). The van der Waals surface area contributed by atoms with Gasteiger partial charge in [0.15, 0.2) is 0 Å². The highest BCUT2D eigenvalue weighted by Crippen LogP contribution is 2.13. The molecule has 0 amide bonds. The minimum Gasteiger partial charge on any atom is -0.211 e. The average molecular weight is 184 g/mol. The first-order valence-electron chi connectivity index (χ1n) is 3.20. The van der Waals surface area contributed by atoms with Crippen LogP contribution < -0.4 is 0 Å². The number of hydrogen-bond acceptors (Lipinski definition) is 2. The molecular formula is C5H10ClNO2S. The first-order chi connectivity index (χ1) is 4.67. The fourth-order valence-corrected chi connectivity index (χ4v) is 2.40. The van der Waals surface area contributed by atoms with Gasteiger partial charge in [0.2, 0.25) is 10.0 Å². The molecule has 5 heteroatoms. The van der Waals surface area contributed by atoms with Crippen molar-refractivity contribution in [2.75, 3.05) is 18.3 Å². The maximum Gasteiger partial charge on any atom is 0.228 e. The Kier molecular flexibility index (Phi) is 2.55. The van der Waals surface area contributed by atoms with Crippen LogP contribution in [0.5, 0.6) is 0 Å². The van der Waals surface area contributed by atoms with E-state index in [1.54, 1.807) is 0 Å². The molecule has 0 spiro atoms. The van der Waals surface area contributed by atoms with Gasteiger partial charge >= 0.3 is 0 Å². The van der Waals surface area contributed by atoms with Crippen molar-refractivity contribution in [3.8, 4) is 0 Å². The molecule has 0 aromatic heterocycles. The number of rotatable bonds is 2. The molecule has 0 aromatic rings. The maximum absolute atomic E-state index is 11.0. The summed E-state index contributed by atoms with van der Waals surface area (Å²) in [6, 6.07) is 0. The highest BCUT2D eigenvalue weighted by molar-refractivity contribution is 7.90. The van der Waals surface area contributed by atoms with Gasteiger partial charge in [-0.2, -0.15) is 0 Å². The topological polar surface area (TPSA) is 37.4 Å². The van der Waals surface area contributed by atoms with Crippen molar-refractivity contribution in [1.29, 1.82) is 0 Å². The van der Waals surface area contributed by atoms with Crippen molar-refractivity contribution < 1.29 is 8.42 Å². The Balaban J connectivity index is 2.63. The van der Waals surface area contributed by atoms with Crippen LogP contribution in [0.25, 0.3) is 0 Å². The lowest BCUT2D eigenvalue weighted by Gasteiger charge is -2.11. The van der Waals surface area contributed by atoms with E-state index in [-0.39, 0.29) is 5.21 Å². The number of hydrogen-bond donors (Lipinski definition) is 0. The van der Waals surface area contributed by atoms with Crippen LogP contribution in [0.3, 0.4) is 0 Å². The third-order valence-electron chi connectivity index (χ3n) is 1.60. The molecule has 0 aromatic carbocycles. The predicted molar refractivity (Wildman–Crippen MR) is 40.4 cm³/mol. The van der Waals surface area contributed by atoms with Crippen molar-refractivity contribution in [2.45, 2.75) is 12.8 Å². The quantitative estimate of drug-likeness (QED) is 0.589. The van der Waals surface area contributed by atoms with E-state index in [0.717, 1.165) is 12.8 Å². The van der Waals surface area contributed by atoms with Gasteiger partial charge < -0.3 is 0 Å². The Morgan fingerprint density at radius 2 is 1.80 bits per heavy atom. The molecule has 3 nitrogen and oxygen atoms in total. The van der Waals surface area contributed by atoms with Crippen molar-refractivity contribution in [3.63, 3.8) is 0 Å². The molecule has 0 atom stereocenters. The lowest BCUT2D eigenvalue weighted by molar-refractivity contribution is 0.482. The van der Waals surface area contributed by atoms with E-state index < -0.39 is 10.0 Å². The zero-order valence-electron chi connectivity index (χ0n) is 5.59. The summed E-state index contributed by atoms with van der Waals surface area (Å²) in [5.41, 5.74) is 0. The number of halogens is 1. The second kappa shape index (κ2) is 3.07. The number of alkyl halides is 1. The van der Waals surface area contributed by atoms with Gasteiger partial charge in [-0.25, -0.2) is 12.7 Å². The Hall–Kier alpha value is 0.200. The molecule has 0 radical (unpaired) electrons. The van der Waals surface area contributed by atoms with Crippen LogP contribution in [0.1, 0.15) is 12.8 Å². The largest absolute Gasteiger partial charge is 0.228 e. The summed E-state index contributed by atoms with van der Waals surface area (Å²) in [6.07, 6.45) is 1.94. The van der Waals surface area contributed by atoms with E-state index in [1.807, 2.05) is 0 Å². The SMILES string of the molecule is O=S(=O)(CCl)N1CCCC1. The summed E-state index contributed by atoms with van der Waals surface area (Å²) >= 11 is 5.24. The molecule has 1 aliphatic rings. The van der Waals surface area contributed by atoms with Crippen LogP contribution in [0.2, 0.25) is 0 Å². The zero-order chi connectivity index (χ0) is 7.61. The summed E-state index contributed by atoms with van der Waals surface area (Å²) in [7, 11) is -3.10. The molecule has 10 heavy (non-hydrogen) atoms. The highest BCUT2D eigenvalue weighted by atomic mass is 35.5. The molecule has 1 fully saturated rings. The molecule has 0 saturated carbocycles. The van der Waals surface area contributed by atoms with Gasteiger partial charge in [0, 0.05) is 13.1 Å². The van der Waals surface area contributed by atoms with Gasteiger partial charge in [0.25, 0.3) is 0 Å². The van der Waals surface area contributed by atoms with Gasteiger partial charge in [-0.1, -0.05) is 0 Å². The van der Waals surface area contributed by atoms with E-state index in [0.29, 0.717) is 13.1 Å². The fourth-order valence-electron chi connectivity index (χ4n) is 1.04. The van der Waals surface area contributed by atoms with Crippen molar-refractivity contribution in [2.24, 2.45) is 0 Å². The Labute approximate surface area is 66.0 Å². The van der Waals surface area contributed by atoms with Gasteiger partial charge in [-0.05, 0) is 12.8 Å². The Bertz CT molecular complexity index is 196. The lowest BCUT2D eigenvalue weighted by Crippen LogP contribution is -2.28. The van der Waals surface area contributed by atoms with E-state index >= 15 is 0 Å². The van der Waals surface area contributed by atoms with Gasteiger partial charge in [0.1, 0.15) is 5.21 Å². The van der Waals surface area contributed by atoms with Crippen LogP contribution in [0.15, 0.2) is 0 Å². The van der Waals surface area contributed by atoms with E-state index in [4.69, 9.17) is 11.6 Å². The normalized spacial score (nSPS) is 21.7. The highest BCUT2D eigenvalue weighted by Gasteiger charge is 2.23. The van der Waals surface area contributed by atoms with Crippen molar-refractivity contribution in [1.82, 2.24) is 4.31 Å². The van der Waals surface area contributed by atoms with Crippen molar-refractivity contribution in [3.05, 3.63) is 0 Å².